The number of hydrogen-bond donors (Lipinski definition) is 1. The van der Waals surface area contributed by atoms with Crippen LogP contribution in [-0.4, -0.2) is 46.9 Å². The zero-order valence-corrected chi connectivity index (χ0v) is 19.6. The van der Waals surface area contributed by atoms with Crippen LogP contribution in [0.2, 0.25) is 0 Å². The Balaban J connectivity index is 1.37. The number of allylic oxidation sites excluding steroid dienone is 1. The lowest BCUT2D eigenvalue weighted by Crippen LogP contribution is -2.46. The average molecular weight is 490 g/mol. The first-order valence-corrected chi connectivity index (χ1v) is 11.6. The summed E-state index contributed by atoms with van der Waals surface area (Å²) >= 11 is 0. The number of aromatic hydroxyl groups is 1. The number of ketones is 1. The Kier molecular flexibility index (Phi) is 6.15. The number of ether oxygens (including phenoxy) is 1. The van der Waals surface area contributed by atoms with Crippen LogP contribution in [-0.2, 0) is 6.54 Å². The Morgan fingerprint density at radius 1 is 1.11 bits per heavy atom. The first-order chi connectivity index (χ1) is 17.3. The smallest absolute Gasteiger partial charge is 0.270 e. The molecule has 1 fully saturated rings. The van der Waals surface area contributed by atoms with Gasteiger partial charge in [-0.1, -0.05) is 24.3 Å². The number of phenolic OH excluding ortho intramolecular Hbond substituents is 1. The van der Waals surface area contributed by atoms with E-state index in [1.165, 1.54) is 24.3 Å². The average Bonchev–Trinajstić information content (AvgIpc) is 3.19. The van der Waals surface area contributed by atoms with Gasteiger partial charge >= 0.3 is 0 Å². The number of halogens is 1. The highest BCUT2D eigenvalue weighted by Crippen LogP contribution is 2.42. The van der Waals surface area contributed by atoms with Crippen LogP contribution < -0.4 is 9.64 Å². The summed E-state index contributed by atoms with van der Waals surface area (Å²) in [6, 6.07) is 14.2. The molecule has 0 aliphatic carbocycles. The number of fused-ring (bicyclic) bond motifs is 1. The standard InChI is InChI=1S/C27H24FN3O5/c1-17-13-23(32)20(16-29-9-11-30(12-10-29)22-8-3-2-7-21(22)28)27-25(17)26(33)24(36-27)15-18-5-4-6-19(14-18)31(34)35/h2-8,13-15,32H,9-12,16H2,1H3/b24-15-. The van der Waals surface area contributed by atoms with E-state index >= 15 is 0 Å². The zero-order chi connectivity index (χ0) is 25.4. The van der Waals surface area contributed by atoms with Gasteiger partial charge in [0, 0.05) is 44.9 Å². The summed E-state index contributed by atoms with van der Waals surface area (Å²) in [5.74, 6) is -0.197. The minimum atomic E-state index is -0.500. The van der Waals surface area contributed by atoms with Crippen molar-refractivity contribution >= 4 is 23.2 Å². The lowest BCUT2D eigenvalue weighted by Gasteiger charge is -2.36. The predicted molar refractivity (Wildman–Crippen MR) is 133 cm³/mol. The minimum Gasteiger partial charge on any atom is -0.507 e. The van der Waals surface area contributed by atoms with Gasteiger partial charge in [0.05, 0.1) is 21.7 Å². The molecular weight excluding hydrogens is 465 g/mol. The Morgan fingerprint density at radius 3 is 2.58 bits per heavy atom. The highest BCUT2D eigenvalue weighted by molar-refractivity contribution is 6.15. The number of anilines is 1. The van der Waals surface area contributed by atoms with Gasteiger partial charge in [-0.3, -0.25) is 19.8 Å². The highest BCUT2D eigenvalue weighted by Gasteiger charge is 2.34. The number of nitrogens with zero attached hydrogens (tertiary/aromatic N) is 3. The van der Waals surface area contributed by atoms with Crippen LogP contribution >= 0.6 is 0 Å². The molecule has 0 spiro atoms. The third kappa shape index (κ3) is 4.40. The van der Waals surface area contributed by atoms with Crippen molar-refractivity contribution in [3.63, 3.8) is 0 Å². The van der Waals surface area contributed by atoms with Gasteiger partial charge in [0.1, 0.15) is 17.3 Å². The van der Waals surface area contributed by atoms with Crippen molar-refractivity contribution in [3.8, 4) is 11.5 Å². The first-order valence-electron chi connectivity index (χ1n) is 11.6. The van der Waals surface area contributed by atoms with E-state index in [2.05, 4.69) is 4.90 Å². The number of nitro groups is 1. The molecule has 8 nitrogen and oxygen atoms in total. The number of hydrogen-bond acceptors (Lipinski definition) is 7. The molecular formula is C27H24FN3O5. The maximum Gasteiger partial charge on any atom is 0.270 e. The fourth-order valence-electron chi connectivity index (χ4n) is 4.69. The van der Waals surface area contributed by atoms with Crippen LogP contribution in [0.25, 0.3) is 6.08 Å². The molecule has 1 N–H and O–H groups in total. The molecule has 0 amide bonds. The van der Waals surface area contributed by atoms with Crippen LogP contribution in [0.5, 0.6) is 11.5 Å². The van der Waals surface area contributed by atoms with Crippen molar-refractivity contribution in [1.82, 2.24) is 4.90 Å². The molecule has 0 bridgehead atoms. The van der Waals surface area contributed by atoms with Crippen LogP contribution in [0.15, 0.2) is 60.4 Å². The lowest BCUT2D eigenvalue weighted by molar-refractivity contribution is -0.384. The van der Waals surface area contributed by atoms with E-state index in [0.29, 0.717) is 66.4 Å². The number of benzene rings is 3. The monoisotopic (exact) mass is 489 g/mol. The van der Waals surface area contributed by atoms with Gasteiger partial charge in [-0.2, -0.15) is 0 Å². The van der Waals surface area contributed by atoms with E-state index in [1.807, 2.05) is 11.0 Å². The second-order valence-electron chi connectivity index (χ2n) is 8.90. The van der Waals surface area contributed by atoms with Gasteiger partial charge in [0.2, 0.25) is 5.78 Å². The topological polar surface area (TPSA) is 96.2 Å². The molecule has 36 heavy (non-hydrogen) atoms. The molecule has 3 aromatic rings. The van der Waals surface area contributed by atoms with E-state index in [4.69, 9.17) is 4.74 Å². The van der Waals surface area contributed by atoms with Crippen LogP contribution in [0.4, 0.5) is 15.8 Å². The van der Waals surface area contributed by atoms with Gasteiger partial charge < -0.3 is 14.7 Å². The molecule has 2 aliphatic heterocycles. The van der Waals surface area contributed by atoms with Crippen LogP contribution in [0, 0.1) is 22.9 Å². The zero-order valence-electron chi connectivity index (χ0n) is 19.6. The summed E-state index contributed by atoms with van der Waals surface area (Å²) in [4.78, 5) is 27.9. The molecule has 2 heterocycles. The minimum absolute atomic E-state index is 0.0344. The van der Waals surface area contributed by atoms with Gasteiger partial charge in [-0.05, 0) is 42.3 Å². The van der Waals surface area contributed by atoms with E-state index < -0.39 is 4.92 Å². The molecule has 9 heteroatoms. The number of para-hydroxylation sites is 1. The fraction of sp³-hybridized carbons (Fsp3) is 0.222. The number of aryl methyl sites for hydroxylation is 1. The lowest BCUT2D eigenvalue weighted by atomic mass is 9.99. The molecule has 0 saturated carbocycles. The van der Waals surface area contributed by atoms with Crippen molar-refractivity contribution in [2.75, 3.05) is 31.1 Å². The second kappa shape index (κ2) is 9.43. The Bertz CT molecular complexity index is 1400. The predicted octanol–water partition coefficient (Wildman–Crippen LogP) is 4.69. The quantitative estimate of drug-likeness (QED) is 0.316. The summed E-state index contributed by atoms with van der Waals surface area (Å²) < 4.78 is 20.1. The third-order valence-corrected chi connectivity index (χ3v) is 6.55. The number of nitro benzene ring substituents is 1. The number of rotatable bonds is 5. The van der Waals surface area contributed by atoms with Gasteiger partial charge in [-0.25, -0.2) is 4.39 Å². The van der Waals surface area contributed by atoms with Gasteiger partial charge in [0.15, 0.2) is 5.76 Å². The molecule has 1 saturated heterocycles. The molecule has 0 aromatic heterocycles. The van der Waals surface area contributed by atoms with Gasteiger partial charge in [-0.15, -0.1) is 0 Å². The first kappa shape index (κ1) is 23.5. The molecule has 2 aliphatic rings. The van der Waals surface area contributed by atoms with Crippen LogP contribution in [0.3, 0.4) is 0 Å². The van der Waals surface area contributed by atoms with Crippen molar-refractivity contribution < 1.29 is 24.0 Å². The number of carbonyl (C=O) groups excluding carboxylic acids is 1. The number of phenols is 1. The molecule has 5 rings (SSSR count). The molecule has 3 aromatic carbocycles. The molecule has 184 valence electrons. The largest absolute Gasteiger partial charge is 0.507 e. The number of carbonyl (C=O) groups is 1. The van der Waals surface area contributed by atoms with E-state index in [1.54, 1.807) is 37.3 Å². The summed E-state index contributed by atoms with van der Waals surface area (Å²) in [5, 5.41) is 21.8. The maximum atomic E-state index is 14.2. The summed E-state index contributed by atoms with van der Waals surface area (Å²) in [6.45, 7) is 4.60. The van der Waals surface area contributed by atoms with Crippen molar-refractivity contribution in [2.24, 2.45) is 0 Å². The highest BCUT2D eigenvalue weighted by atomic mass is 19.1. The van der Waals surface area contributed by atoms with Crippen molar-refractivity contribution in [2.45, 2.75) is 13.5 Å². The SMILES string of the molecule is Cc1cc(O)c(CN2CCN(c3ccccc3F)CC2)c2c1C(=O)/C(=C/c1cccc([N+](=O)[O-])c1)O2. The number of piperazine rings is 1. The summed E-state index contributed by atoms with van der Waals surface area (Å²) in [7, 11) is 0. The molecule has 0 unspecified atom stereocenters. The van der Waals surface area contributed by atoms with Gasteiger partial charge in [0.25, 0.3) is 5.69 Å². The number of non-ortho nitro benzene ring substituents is 1. The summed E-state index contributed by atoms with van der Waals surface area (Å²) in [6.07, 6.45) is 1.47. The maximum absolute atomic E-state index is 14.2. The Morgan fingerprint density at radius 2 is 1.86 bits per heavy atom. The fourth-order valence-corrected chi connectivity index (χ4v) is 4.69. The Hall–Kier alpha value is -4.24. The summed E-state index contributed by atoms with van der Waals surface area (Å²) in [5.41, 5.74) is 2.42. The Labute approximate surface area is 207 Å². The number of Topliss-reactive ketones (excluding diaryl/α,β-unsaturated/α-hetero) is 1. The van der Waals surface area contributed by atoms with Crippen molar-refractivity contribution in [1.29, 1.82) is 0 Å². The van der Waals surface area contributed by atoms with E-state index in [-0.39, 0.29) is 28.8 Å². The van der Waals surface area contributed by atoms with Crippen LogP contribution in [0.1, 0.15) is 27.0 Å². The third-order valence-electron chi connectivity index (χ3n) is 6.55. The normalized spacial score (nSPS) is 16.8. The van der Waals surface area contributed by atoms with E-state index in [0.717, 1.165) is 0 Å². The van der Waals surface area contributed by atoms with Crippen molar-refractivity contribution in [3.05, 3.63) is 98.5 Å². The molecule has 0 radical (unpaired) electrons. The second-order valence-corrected chi connectivity index (χ2v) is 8.90. The van der Waals surface area contributed by atoms with E-state index in [9.17, 15) is 24.4 Å². The molecule has 0 atom stereocenters.